The molecule has 6 heteroatoms. The molecular weight excluding hydrogens is 233 g/mol. The highest BCUT2D eigenvalue weighted by Gasteiger charge is 2.40. The van der Waals surface area contributed by atoms with Crippen LogP contribution in [0.3, 0.4) is 0 Å². The summed E-state index contributed by atoms with van der Waals surface area (Å²) < 4.78 is 36.8. The van der Waals surface area contributed by atoms with Crippen molar-refractivity contribution in [3.8, 4) is 0 Å². The van der Waals surface area contributed by atoms with Crippen LogP contribution in [-0.2, 0) is 0 Å². The minimum atomic E-state index is -4.95. The first-order valence-electron chi connectivity index (χ1n) is 4.66. The Morgan fingerprint density at radius 2 is 1.88 bits per heavy atom. The van der Waals surface area contributed by atoms with Crippen LogP contribution in [0.1, 0.15) is 10.4 Å². The van der Waals surface area contributed by atoms with Gasteiger partial charge in [0.25, 0.3) is 5.78 Å². The van der Waals surface area contributed by atoms with Gasteiger partial charge in [-0.1, -0.05) is 18.2 Å². The lowest BCUT2D eigenvalue weighted by Crippen LogP contribution is -2.24. The van der Waals surface area contributed by atoms with E-state index in [-0.39, 0.29) is 5.69 Å². The molecule has 1 heterocycles. The van der Waals surface area contributed by atoms with E-state index in [0.29, 0.717) is 10.9 Å². The minimum absolute atomic E-state index is 0.196. The number of fused-ring (bicyclic) bond motifs is 1. The van der Waals surface area contributed by atoms with Crippen LogP contribution in [0.4, 0.5) is 18.9 Å². The number of carbonyl (C=O) groups is 1. The van der Waals surface area contributed by atoms with Crippen LogP contribution in [0, 0.1) is 0 Å². The Balaban J connectivity index is 2.65. The van der Waals surface area contributed by atoms with E-state index in [1.54, 1.807) is 18.2 Å². The largest absolute Gasteiger partial charge is 0.455 e. The molecule has 0 radical (unpaired) electrons. The number of nitrogens with zero attached hydrogens (tertiary/aromatic N) is 1. The number of carbonyl (C=O) groups excluding carboxylic acids is 1. The van der Waals surface area contributed by atoms with Gasteiger partial charge in [-0.25, -0.2) is 0 Å². The molecule has 1 aromatic carbocycles. The summed E-state index contributed by atoms with van der Waals surface area (Å²) in [6.45, 7) is 0. The zero-order chi connectivity index (χ0) is 12.6. The molecule has 88 valence electrons. The van der Waals surface area contributed by atoms with Crippen molar-refractivity contribution in [2.24, 2.45) is 0 Å². The molecule has 0 aliphatic rings. The quantitative estimate of drug-likeness (QED) is 0.779. The Morgan fingerprint density at radius 3 is 2.53 bits per heavy atom. The fourth-order valence-electron chi connectivity index (χ4n) is 1.50. The second-order valence-electron chi connectivity index (χ2n) is 3.43. The van der Waals surface area contributed by atoms with Gasteiger partial charge >= 0.3 is 6.18 Å². The van der Waals surface area contributed by atoms with Crippen LogP contribution >= 0.6 is 0 Å². The van der Waals surface area contributed by atoms with Gasteiger partial charge in [0.05, 0.1) is 16.8 Å². The van der Waals surface area contributed by atoms with Crippen LogP contribution < -0.4 is 5.73 Å². The molecule has 0 spiro atoms. The Bertz CT molecular complexity index is 593. The summed E-state index contributed by atoms with van der Waals surface area (Å²) in [6.07, 6.45) is -4.09. The van der Waals surface area contributed by atoms with E-state index in [9.17, 15) is 18.0 Å². The average molecular weight is 240 g/mol. The number of pyridine rings is 1. The molecule has 1 aromatic heterocycles. The summed E-state index contributed by atoms with van der Waals surface area (Å²) in [6, 6.07) is 6.42. The molecule has 0 atom stereocenters. The molecule has 0 fully saturated rings. The molecule has 2 aromatic rings. The molecule has 2 N–H and O–H groups in total. The number of rotatable bonds is 1. The first-order chi connectivity index (χ1) is 7.91. The van der Waals surface area contributed by atoms with Crippen LogP contribution in [-0.4, -0.2) is 16.9 Å². The van der Waals surface area contributed by atoms with Gasteiger partial charge in [-0.3, -0.25) is 9.78 Å². The summed E-state index contributed by atoms with van der Waals surface area (Å²) in [4.78, 5) is 14.9. The summed E-state index contributed by atoms with van der Waals surface area (Å²) >= 11 is 0. The predicted octanol–water partition coefficient (Wildman–Crippen LogP) is 2.56. The zero-order valence-corrected chi connectivity index (χ0v) is 8.45. The van der Waals surface area contributed by atoms with Gasteiger partial charge in [0.15, 0.2) is 0 Å². The fourth-order valence-corrected chi connectivity index (χ4v) is 1.50. The zero-order valence-electron chi connectivity index (χ0n) is 8.45. The third kappa shape index (κ3) is 1.93. The van der Waals surface area contributed by atoms with E-state index >= 15 is 0 Å². The number of Topliss-reactive ketones (excluding diaryl/α,β-unsaturated/α-hetero) is 1. The molecule has 0 amide bonds. The van der Waals surface area contributed by atoms with E-state index in [4.69, 9.17) is 5.73 Å². The lowest BCUT2D eigenvalue weighted by atomic mass is 10.1. The Morgan fingerprint density at radius 1 is 1.24 bits per heavy atom. The highest BCUT2D eigenvalue weighted by atomic mass is 19.4. The molecule has 0 unspecified atom stereocenters. The number of para-hydroxylation sites is 1. The third-order valence-electron chi connectivity index (χ3n) is 2.32. The van der Waals surface area contributed by atoms with E-state index < -0.39 is 17.5 Å². The standard InChI is InChI=1S/C11H7F3N2O/c12-11(13,14)10(17)7-5-16-8-4-2-1-3-6(8)9(7)15/h1-5H,(H2,15,16). The number of aromatic nitrogens is 1. The second kappa shape index (κ2) is 3.73. The van der Waals surface area contributed by atoms with Crippen molar-refractivity contribution in [3.63, 3.8) is 0 Å². The van der Waals surface area contributed by atoms with Crippen LogP contribution in [0.15, 0.2) is 30.5 Å². The van der Waals surface area contributed by atoms with E-state index in [0.717, 1.165) is 6.20 Å². The normalized spacial score (nSPS) is 11.7. The predicted molar refractivity (Wildman–Crippen MR) is 56.5 cm³/mol. The molecule has 0 bridgehead atoms. The first-order valence-corrected chi connectivity index (χ1v) is 4.66. The van der Waals surface area contributed by atoms with Crippen molar-refractivity contribution >= 4 is 22.4 Å². The number of hydrogen-bond acceptors (Lipinski definition) is 3. The van der Waals surface area contributed by atoms with Gasteiger partial charge < -0.3 is 5.73 Å². The Kier molecular flexibility index (Phi) is 2.49. The second-order valence-corrected chi connectivity index (χ2v) is 3.43. The highest BCUT2D eigenvalue weighted by Crippen LogP contribution is 2.28. The lowest BCUT2D eigenvalue weighted by Gasteiger charge is -2.09. The minimum Gasteiger partial charge on any atom is -0.398 e. The lowest BCUT2D eigenvalue weighted by molar-refractivity contribution is -0.0884. The van der Waals surface area contributed by atoms with E-state index in [1.165, 1.54) is 6.07 Å². The molecule has 3 nitrogen and oxygen atoms in total. The first kappa shape index (κ1) is 11.4. The number of nitrogen functional groups attached to an aromatic ring is 1. The molecule has 0 saturated carbocycles. The van der Waals surface area contributed by atoms with Crippen molar-refractivity contribution in [3.05, 3.63) is 36.0 Å². The van der Waals surface area contributed by atoms with E-state index in [1.807, 2.05) is 0 Å². The maximum absolute atomic E-state index is 12.3. The topological polar surface area (TPSA) is 56.0 Å². The van der Waals surface area contributed by atoms with Crippen molar-refractivity contribution in [2.75, 3.05) is 5.73 Å². The Hall–Kier alpha value is -2.11. The molecular formula is C11H7F3N2O. The molecule has 0 saturated heterocycles. The summed E-state index contributed by atoms with van der Waals surface area (Å²) in [5, 5.41) is 0.336. The van der Waals surface area contributed by atoms with Gasteiger partial charge in [0.1, 0.15) is 0 Å². The number of ketones is 1. The third-order valence-corrected chi connectivity index (χ3v) is 2.32. The van der Waals surface area contributed by atoms with Gasteiger partial charge in [-0.2, -0.15) is 13.2 Å². The highest BCUT2D eigenvalue weighted by molar-refractivity contribution is 6.09. The molecule has 2 rings (SSSR count). The number of benzene rings is 1. The average Bonchev–Trinajstić information content (AvgIpc) is 2.28. The van der Waals surface area contributed by atoms with Gasteiger partial charge in [-0.15, -0.1) is 0 Å². The smallest absolute Gasteiger partial charge is 0.398 e. The molecule has 0 aliphatic heterocycles. The van der Waals surface area contributed by atoms with Gasteiger partial charge in [-0.05, 0) is 6.07 Å². The maximum Gasteiger partial charge on any atom is 0.455 e. The van der Waals surface area contributed by atoms with Gasteiger partial charge in [0, 0.05) is 11.6 Å². The van der Waals surface area contributed by atoms with Crippen molar-refractivity contribution in [2.45, 2.75) is 6.18 Å². The summed E-state index contributed by atoms with van der Waals surface area (Å²) in [5.41, 5.74) is 5.19. The Labute approximate surface area is 94.1 Å². The number of alkyl halides is 3. The van der Waals surface area contributed by atoms with Crippen molar-refractivity contribution < 1.29 is 18.0 Å². The van der Waals surface area contributed by atoms with E-state index in [2.05, 4.69) is 4.98 Å². The number of nitrogens with two attached hydrogens (primary N) is 1. The fraction of sp³-hybridized carbons (Fsp3) is 0.0909. The number of anilines is 1. The summed E-state index contributed by atoms with van der Waals surface area (Å²) in [7, 11) is 0. The van der Waals surface area contributed by atoms with Crippen molar-refractivity contribution in [1.82, 2.24) is 4.98 Å². The molecule has 17 heavy (non-hydrogen) atoms. The monoisotopic (exact) mass is 240 g/mol. The number of halogens is 3. The van der Waals surface area contributed by atoms with Crippen LogP contribution in [0.5, 0.6) is 0 Å². The van der Waals surface area contributed by atoms with Crippen molar-refractivity contribution in [1.29, 1.82) is 0 Å². The summed E-state index contributed by atoms with van der Waals surface area (Å²) in [5.74, 6) is -1.98. The molecule has 0 aliphatic carbocycles. The van der Waals surface area contributed by atoms with Gasteiger partial charge in [0.2, 0.25) is 0 Å². The SMILES string of the molecule is Nc1c(C(=O)C(F)(F)F)cnc2ccccc12. The van der Waals surface area contributed by atoms with Crippen LogP contribution in [0.2, 0.25) is 0 Å². The van der Waals surface area contributed by atoms with Crippen LogP contribution in [0.25, 0.3) is 10.9 Å². The maximum atomic E-state index is 12.3. The number of hydrogen-bond donors (Lipinski definition) is 1.